The van der Waals surface area contributed by atoms with E-state index in [2.05, 4.69) is 0 Å². The first kappa shape index (κ1) is 20.1. The maximum atomic E-state index is 12.6. The van der Waals surface area contributed by atoms with Gasteiger partial charge in [-0.25, -0.2) is 0 Å². The van der Waals surface area contributed by atoms with Crippen LogP contribution in [0.5, 0.6) is 0 Å². The van der Waals surface area contributed by atoms with Crippen LogP contribution in [0.15, 0.2) is 30.3 Å². The number of nitrogens with zero attached hydrogens (tertiary/aromatic N) is 3. The molecule has 0 bridgehead atoms. The number of carbonyl (C=O) groups is 2. The molecule has 134 valence electrons. The van der Waals surface area contributed by atoms with Gasteiger partial charge in [-0.2, -0.15) is 0 Å². The highest BCUT2D eigenvalue weighted by molar-refractivity contribution is 5.86. The predicted molar refractivity (Wildman–Crippen MR) is 94.5 cm³/mol. The standard InChI is InChI=1S/C18H29N3O3/c1-19(2)11-12-21(5)18(23)16(20(3)4)13-17(22)24-14-15-9-7-6-8-10-15/h6-10,16H,11-14H2,1-5H3/t16-/m0/s1. The van der Waals surface area contributed by atoms with Crippen LogP contribution in [0.4, 0.5) is 0 Å². The Morgan fingerprint density at radius 1 is 1.00 bits per heavy atom. The molecule has 1 rings (SSSR count). The molecule has 1 atom stereocenters. The third kappa shape index (κ3) is 7.10. The van der Waals surface area contributed by atoms with E-state index in [0.717, 1.165) is 12.1 Å². The lowest BCUT2D eigenvalue weighted by atomic mass is 10.1. The van der Waals surface area contributed by atoms with Crippen molar-refractivity contribution in [3.8, 4) is 0 Å². The van der Waals surface area contributed by atoms with Gasteiger partial charge in [0.05, 0.1) is 12.5 Å². The van der Waals surface area contributed by atoms with Crippen molar-refractivity contribution < 1.29 is 14.3 Å². The van der Waals surface area contributed by atoms with Crippen LogP contribution < -0.4 is 0 Å². The molecule has 0 radical (unpaired) electrons. The van der Waals surface area contributed by atoms with Crippen LogP contribution in [-0.4, -0.2) is 80.9 Å². The summed E-state index contributed by atoms with van der Waals surface area (Å²) in [4.78, 5) is 30.1. The first-order chi connectivity index (χ1) is 11.3. The number of amides is 1. The van der Waals surface area contributed by atoms with E-state index < -0.39 is 6.04 Å². The topological polar surface area (TPSA) is 53.1 Å². The third-order valence-electron chi connectivity index (χ3n) is 3.77. The summed E-state index contributed by atoms with van der Waals surface area (Å²) in [7, 11) is 9.28. The summed E-state index contributed by atoms with van der Waals surface area (Å²) < 4.78 is 5.29. The van der Waals surface area contributed by atoms with Gasteiger partial charge in [-0.05, 0) is 33.8 Å². The van der Waals surface area contributed by atoms with Crippen molar-refractivity contribution >= 4 is 11.9 Å². The van der Waals surface area contributed by atoms with E-state index >= 15 is 0 Å². The van der Waals surface area contributed by atoms with Gasteiger partial charge in [-0.15, -0.1) is 0 Å². The van der Waals surface area contributed by atoms with Crippen molar-refractivity contribution in [3.05, 3.63) is 35.9 Å². The summed E-state index contributed by atoms with van der Waals surface area (Å²) in [6, 6.07) is 8.99. The van der Waals surface area contributed by atoms with E-state index in [9.17, 15) is 9.59 Å². The average Bonchev–Trinajstić information content (AvgIpc) is 2.55. The second-order valence-electron chi connectivity index (χ2n) is 6.39. The van der Waals surface area contributed by atoms with Crippen LogP contribution in [0.3, 0.4) is 0 Å². The van der Waals surface area contributed by atoms with E-state index in [4.69, 9.17) is 4.74 Å². The molecule has 0 aliphatic rings. The number of rotatable bonds is 9. The highest BCUT2D eigenvalue weighted by Gasteiger charge is 2.27. The minimum Gasteiger partial charge on any atom is -0.461 e. The van der Waals surface area contributed by atoms with Crippen molar-refractivity contribution in [2.75, 3.05) is 48.3 Å². The normalized spacial score (nSPS) is 12.3. The van der Waals surface area contributed by atoms with E-state index in [0.29, 0.717) is 6.54 Å². The number of hydrogen-bond acceptors (Lipinski definition) is 5. The maximum absolute atomic E-state index is 12.6. The van der Waals surface area contributed by atoms with Crippen LogP contribution in [-0.2, 0) is 20.9 Å². The molecule has 0 N–H and O–H groups in total. The Morgan fingerprint density at radius 3 is 2.17 bits per heavy atom. The molecule has 1 aromatic carbocycles. The Labute approximate surface area is 145 Å². The molecule has 0 saturated carbocycles. The van der Waals surface area contributed by atoms with Crippen LogP contribution in [0.2, 0.25) is 0 Å². The molecule has 0 spiro atoms. The first-order valence-electron chi connectivity index (χ1n) is 8.07. The second kappa shape index (κ2) is 10.1. The van der Waals surface area contributed by atoms with Crippen molar-refractivity contribution in [1.29, 1.82) is 0 Å². The van der Waals surface area contributed by atoms with Crippen LogP contribution in [0.25, 0.3) is 0 Å². The molecule has 0 saturated heterocycles. The Morgan fingerprint density at radius 2 is 1.62 bits per heavy atom. The highest BCUT2D eigenvalue weighted by Crippen LogP contribution is 2.08. The Kier molecular flexibility index (Phi) is 8.43. The fourth-order valence-corrected chi connectivity index (χ4v) is 2.16. The SMILES string of the molecule is CN(C)CCN(C)C(=O)[C@H](CC(=O)OCc1ccccc1)N(C)C. The van der Waals surface area contributed by atoms with Crippen LogP contribution in [0, 0.1) is 0 Å². The average molecular weight is 335 g/mol. The molecule has 0 aromatic heterocycles. The molecule has 0 heterocycles. The van der Waals surface area contributed by atoms with Crippen molar-refractivity contribution in [2.24, 2.45) is 0 Å². The van der Waals surface area contributed by atoms with Crippen molar-refractivity contribution in [1.82, 2.24) is 14.7 Å². The number of carbonyl (C=O) groups excluding carboxylic acids is 2. The monoisotopic (exact) mass is 335 g/mol. The van der Waals surface area contributed by atoms with Gasteiger partial charge in [0, 0.05) is 20.1 Å². The molecule has 1 aromatic rings. The number of ether oxygens (including phenoxy) is 1. The minimum atomic E-state index is -0.513. The molecule has 0 fully saturated rings. The molecule has 1 amide bonds. The van der Waals surface area contributed by atoms with E-state index in [-0.39, 0.29) is 24.9 Å². The Hall–Kier alpha value is -1.92. The fourth-order valence-electron chi connectivity index (χ4n) is 2.16. The van der Waals surface area contributed by atoms with Gasteiger partial charge in [0.25, 0.3) is 0 Å². The van der Waals surface area contributed by atoms with Gasteiger partial charge in [-0.1, -0.05) is 30.3 Å². The molecule has 24 heavy (non-hydrogen) atoms. The maximum Gasteiger partial charge on any atom is 0.308 e. The van der Waals surface area contributed by atoms with E-state index in [1.807, 2.05) is 49.3 Å². The number of benzene rings is 1. The largest absolute Gasteiger partial charge is 0.461 e. The number of hydrogen-bond donors (Lipinski definition) is 0. The summed E-state index contributed by atoms with van der Waals surface area (Å²) in [6.45, 7) is 1.63. The zero-order valence-electron chi connectivity index (χ0n) is 15.4. The van der Waals surface area contributed by atoms with Crippen LogP contribution >= 0.6 is 0 Å². The molecule has 6 nitrogen and oxygen atoms in total. The summed E-state index contributed by atoms with van der Waals surface area (Å²) in [5, 5.41) is 0. The van der Waals surface area contributed by atoms with Gasteiger partial charge in [0.2, 0.25) is 5.91 Å². The van der Waals surface area contributed by atoms with Gasteiger partial charge in [-0.3, -0.25) is 14.5 Å². The number of likely N-dealkylation sites (N-methyl/N-ethyl adjacent to an activating group) is 3. The smallest absolute Gasteiger partial charge is 0.308 e. The van der Waals surface area contributed by atoms with E-state index in [1.165, 1.54) is 0 Å². The Bertz CT molecular complexity index is 518. The molecule has 0 aliphatic carbocycles. The molecule has 6 heteroatoms. The summed E-state index contributed by atoms with van der Waals surface area (Å²) >= 11 is 0. The van der Waals surface area contributed by atoms with Crippen molar-refractivity contribution in [2.45, 2.75) is 19.1 Å². The Balaban J connectivity index is 2.55. The van der Waals surface area contributed by atoms with Gasteiger partial charge >= 0.3 is 5.97 Å². The zero-order valence-corrected chi connectivity index (χ0v) is 15.4. The highest BCUT2D eigenvalue weighted by atomic mass is 16.5. The second-order valence-corrected chi connectivity index (χ2v) is 6.39. The predicted octanol–water partition coefficient (Wildman–Crippen LogP) is 1.07. The van der Waals surface area contributed by atoms with Gasteiger partial charge < -0.3 is 14.5 Å². The molecular formula is C18H29N3O3. The molecule has 0 aliphatic heterocycles. The van der Waals surface area contributed by atoms with Crippen molar-refractivity contribution in [3.63, 3.8) is 0 Å². The summed E-state index contributed by atoms with van der Waals surface area (Å²) in [5.74, 6) is -0.439. The van der Waals surface area contributed by atoms with Crippen LogP contribution in [0.1, 0.15) is 12.0 Å². The zero-order chi connectivity index (χ0) is 18.1. The molecular weight excluding hydrogens is 306 g/mol. The number of esters is 1. The third-order valence-corrected chi connectivity index (χ3v) is 3.77. The summed E-state index contributed by atoms with van der Waals surface area (Å²) in [6.07, 6.45) is 0.0466. The lowest BCUT2D eigenvalue weighted by Crippen LogP contribution is -2.47. The molecule has 0 unspecified atom stereocenters. The van der Waals surface area contributed by atoms with Gasteiger partial charge in [0.15, 0.2) is 0 Å². The summed E-state index contributed by atoms with van der Waals surface area (Å²) in [5.41, 5.74) is 0.932. The quantitative estimate of drug-likeness (QED) is 0.632. The minimum absolute atomic E-state index is 0.0466. The fraction of sp³-hybridized carbons (Fsp3) is 0.556. The van der Waals surface area contributed by atoms with E-state index in [1.54, 1.807) is 30.9 Å². The lowest BCUT2D eigenvalue weighted by molar-refractivity contribution is -0.150. The first-order valence-corrected chi connectivity index (χ1v) is 8.07. The lowest BCUT2D eigenvalue weighted by Gasteiger charge is -2.28. The van der Waals surface area contributed by atoms with Gasteiger partial charge in [0.1, 0.15) is 6.61 Å².